The van der Waals surface area contributed by atoms with Crippen LogP contribution >= 0.6 is 0 Å². The van der Waals surface area contributed by atoms with Crippen LogP contribution in [-0.4, -0.2) is 44.2 Å². The number of aryl methyl sites for hydroxylation is 1. The first-order chi connectivity index (χ1) is 16.5. The molecule has 1 saturated heterocycles. The van der Waals surface area contributed by atoms with E-state index in [4.69, 9.17) is 5.73 Å². The summed E-state index contributed by atoms with van der Waals surface area (Å²) in [6.45, 7) is 7.47. The Hall–Kier alpha value is -2.93. The summed E-state index contributed by atoms with van der Waals surface area (Å²) in [7, 11) is 0. The Bertz CT molecular complexity index is 1100. The number of amides is 1. The number of hydrogen-bond donors (Lipinski definition) is 5. The van der Waals surface area contributed by atoms with E-state index in [-0.39, 0.29) is 18.0 Å². The van der Waals surface area contributed by atoms with Crippen LogP contribution < -0.4 is 27.0 Å². The third kappa shape index (κ3) is 6.14. The maximum Gasteiger partial charge on any atom is 0.252 e. The Labute approximate surface area is 202 Å². The van der Waals surface area contributed by atoms with Crippen LogP contribution in [-0.2, 0) is 0 Å². The van der Waals surface area contributed by atoms with Crippen LogP contribution in [0.2, 0.25) is 0 Å². The van der Waals surface area contributed by atoms with Gasteiger partial charge in [0.1, 0.15) is 0 Å². The third-order valence-corrected chi connectivity index (χ3v) is 6.65. The van der Waals surface area contributed by atoms with Gasteiger partial charge in [-0.15, -0.1) is 0 Å². The van der Waals surface area contributed by atoms with Crippen molar-refractivity contribution in [2.24, 2.45) is 5.73 Å². The van der Waals surface area contributed by atoms with Gasteiger partial charge in [0.05, 0.1) is 6.04 Å². The minimum atomic E-state index is -0.108. The van der Waals surface area contributed by atoms with Gasteiger partial charge in [0.2, 0.25) is 0 Å². The lowest BCUT2D eigenvalue weighted by atomic mass is 9.99. The summed E-state index contributed by atoms with van der Waals surface area (Å²) in [5.74, 6) is -0.0726. The van der Waals surface area contributed by atoms with E-state index in [9.17, 15) is 4.79 Å². The second-order valence-electron chi connectivity index (χ2n) is 9.39. The smallest absolute Gasteiger partial charge is 0.252 e. The van der Waals surface area contributed by atoms with Crippen molar-refractivity contribution in [1.29, 1.82) is 0 Å². The average molecular weight is 460 g/mol. The van der Waals surface area contributed by atoms with Gasteiger partial charge in [-0.05, 0) is 67.3 Å². The van der Waals surface area contributed by atoms with Crippen LogP contribution in [0.5, 0.6) is 0 Å². The largest absolute Gasteiger partial charge is 0.383 e. The highest BCUT2D eigenvalue weighted by molar-refractivity contribution is 5.97. The topological polar surface area (TPSA) is 91.2 Å². The summed E-state index contributed by atoms with van der Waals surface area (Å²) < 4.78 is 0. The summed E-state index contributed by atoms with van der Waals surface area (Å²) in [4.78, 5) is 13.2. The molecule has 1 aliphatic rings. The van der Waals surface area contributed by atoms with Crippen molar-refractivity contribution in [3.05, 3.63) is 77.4 Å². The van der Waals surface area contributed by atoms with E-state index >= 15 is 0 Å². The molecule has 4 rings (SSSR count). The Kier molecular flexibility index (Phi) is 8.16. The number of fused-ring (bicyclic) bond motifs is 1. The fourth-order valence-corrected chi connectivity index (χ4v) is 4.65. The van der Waals surface area contributed by atoms with Crippen molar-refractivity contribution in [3.8, 4) is 0 Å². The molecule has 3 atom stereocenters. The zero-order valence-electron chi connectivity index (χ0n) is 20.2. The molecule has 1 heterocycles. The lowest BCUT2D eigenvalue weighted by molar-refractivity contribution is 0.0939. The van der Waals surface area contributed by atoms with E-state index in [0.717, 1.165) is 41.8 Å². The van der Waals surface area contributed by atoms with Crippen LogP contribution in [0.25, 0.3) is 10.8 Å². The molecule has 1 fully saturated rings. The summed E-state index contributed by atoms with van der Waals surface area (Å²) in [6.07, 6.45) is 2.48. The van der Waals surface area contributed by atoms with Gasteiger partial charge < -0.3 is 27.0 Å². The molecule has 6 nitrogen and oxygen atoms in total. The highest BCUT2D eigenvalue weighted by Gasteiger charge is 2.16. The van der Waals surface area contributed by atoms with E-state index in [0.29, 0.717) is 18.2 Å². The molecule has 6 heteroatoms. The Morgan fingerprint density at radius 3 is 2.76 bits per heavy atom. The minimum absolute atomic E-state index is 0.00799. The van der Waals surface area contributed by atoms with Crippen molar-refractivity contribution in [2.45, 2.75) is 44.8 Å². The highest BCUT2D eigenvalue weighted by atomic mass is 16.1. The molecule has 0 radical (unpaired) electrons. The quantitative estimate of drug-likeness (QED) is 0.319. The number of carbonyl (C=O) groups is 1. The van der Waals surface area contributed by atoms with Crippen molar-refractivity contribution >= 4 is 22.4 Å². The summed E-state index contributed by atoms with van der Waals surface area (Å²) in [5, 5.41) is 15.9. The fraction of sp³-hybridized carbons (Fsp3) is 0.393. The standard InChI is InChI=1S/C28H37N5O/c1-19-12-13-23(32-17-22(29)16-30-18-24-9-6-14-31-24)15-27(19)28(34)33-20(2)25-11-5-8-21-7-3-4-10-26(21)25/h3-5,7-8,10-13,15,20,22,24,30-32H,6,9,14,16-18,29H2,1-2H3,(H,33,34)/t20-,22+,24-/m1/s1. The van der Waals surface area contributed by atoms with Crippen LogP contribution in [0, 0.1) is 6.92 Å². The molecule has 1 aliphatic heterocycles. The zero-order chi connectivity index (χ0) is 23.9. The molecule has 0 saturated carbocycles. The van der Waals surface area contributed by atoms with Gasteiger partial charge >= 0.3 is 0 Å². The number of hydrogen-bond acceptors (Lipinski definition) is 5. The molecule has 0 bridgehead atoms. The fourth-order valence-electron chi connectivity index (χ4n) is 4.65. The van der Waals surface area contributed by atoms with Crippen molar-refractivity contribution in [2.75, 3.05) is 31.5 Å². The molecule has 1 amide bonds. The Morgan fingerprint density at radius 2 is 1.94 bits per heavy atom. The lowest BCUT2D eigenvalue weighted by Crippen LogP contribution is -2.43. The van der Waals surface area contributed by atoms with Gasteiger partial charge in [-0.1, -0.05) is 48.5 Å². The molecule has 0 aromatic heterocycles. The molecule has 34 heavy (non-hydrogen) atoms. The van der Waals surface area contributed by atoms with Gasteiger partial charge in [-0.3, -0.25) is 4.79 Å². The first-order valence-corrected chi connectivity index (χ1v) is 12.3. The monoisotopic (exact) mass is 459 g/mol. The Balaban J connectivity index is 1.34. The molecule has 0 aliphatic carbocycles. The van der Waals surface area contributed by atoms with E-state index < -0.39 is 0 Å². The summed E-state index contributed by atoms with van der Waals surface area (Å²) in [5.41, 5.74) is 9.93. The van der Waals surface area contributed by atoms with Crippen molar-refractivity contribution in [1.82, 2.24) is 16.0 Å². The molecular formula is C28H37N5O. The molecule has 3 aromatic rings. The number of rotatable bonds is 10. The number of nitrogens with one attached hydrogen (secondary N) is 4. The summed E-state index contributed by atoms with van der Waals surface area (Å²) in [6, 6.07) is 20.8. The van der Waals surface area contributed by atoms with Crippen LogP contribution in [0.3, 0.4) is 0 Å². The van der Waals surface area contributed by atoms with Gasteiger partial charge in [0.15, 0.2) is 0 Å². The number of nitrogens with two attached hydrogens (primary N) is 1. The third-order valence-electron chi connectivity index (χ3n) is 6.65. The van der Waals surface area contributed by atoms with E-state index in [1.165, 1.54) is 18.2 Å². The van der Waals surface area contributed by atoms with E-state index in [1.54, 1.807) is 0 Å². The van der Waals surface area contributed by atoms with Crippen LogP contribution in [0.1, 0.15) is 47.3 Å². The molecule has 6 N–H and O–H groups in total. The maximum atomic E-state index is 13.2. The SMILES string of the molecule is Cc1ccc(NC[C@@H](N)CNC[C@H]2CCCN2)cc1C(=O)N[C@H](C)c1cccc2ccccc12. The van der Waals surface area contributed by atoms with E-state index in [1.807, 2.05) is 50.2 Å². The maximum absolute atomic E-state index is 13.2. The first-order valence-electron chi connectivity index (χ1n) is 12.3. The average Bonchev–Trinajstić information content (AvgIpc) is 3.36. The van der Waals surface area contributed by atoms with Crippen LogP contribution in [0.4, 0.5) is 5.69 Å². The van der Waals surface area contributed by atoms with E-state index in [2.05, 4.69) is 45.5 Å². The number of benzene rings is 3. The second-order valence-corrected chi connectivity index (χ2v) is 9.39. The van der Waals surface area contributed by atoms with Crippen molar-refractivity contribution in [3.63, 3.8) is 0 Å². The number of carbonyl (C=O) groups excluding carboxylic acids is 1. The predicted octanol–water partition coefficient (Wildman–Crippen LogP) is 3.72. The minimum Gasteiger partial charge on any atom is -0.383 e. The van der Waals surface area contributed by atoms with Crippen molar-refractivity contribution < 1.29 is 4.79 Å². The first kappa shape index (κ1) is 24.2. The predicted molar refractivity (Wildman–Crippen MR) is 141 cm³/mol. The molecular weight excluding hydrogens is 422 g/mol. The highest BCUT2D eigenvalue weighted by Crippen LogP contribution is 2.25. The molecule has 0 spiro atoms. The van der Waals surface area contributed by atoms with Crippen LogP contribution in [0.15, 0.2) is 60.7 Å². The normalized spacial score (nSPS) is 17.4. The summed E-state index contributed by atoms with van der Waals surface area (Å²) >= 11 is 0. The Morgan fingerprint density at radius 1 is 1.12 bits per heavy atom. The zero-order valence-corrected chi connectivity index (χ0v) is 20.2. The number of anilines is 1. The second kappa shape index (κ2) is 11.5. The molecule has 3 aromatic carbocycles. The molecule has 180 valence electrons. The molecule has 0 unspecified atom stereocenters. The van der Waals surface area contributed by atoms with Gasteiger partial charge in [-0.2, -0.15) is 0 Å². The van der Waals surface area contributed by atoms with Gasteiger partial charge in [0.25, 0.3) is 5.91 Å². The lowest BCUT2D eigenvalue weighted by Gasteiger charge is -2.19. The van der Waals surface area contributed by atoms with Gasteiger partial charge in [-0.25, -0.2) is 0 Å². The van der Waals surface area contributed by atoms with Gasteiger partial charge in [0, 0.05) is 43.0 Å².